The molecule has 150 valence electrons. The fourth-order valence-electron chi connectivity index (χ4n) is 2.49. The summed E-state index contributed by atoms with van der Waals surface area (Å²) in [6, 6.07) is 9.13. The number of nitrogens with one attached hydrogen (secondary N) is 2. The highest BCUT2D eigenvalue weighted by atomic mass is 16.6. The Hall–Kier alpha value is -4.06. The summed E-state index contributed by atoms with van der Waals surface area (Å²) in [6.07, 6.45) is 0. The molecule has 0 spiro atoms. The molecule has 0 heterocycles. The third-order valence-electron chi connectivity index (χ3n) is 3.90. The largest absolute Gasteiger partial charge is 0.493 e. The second kappa shape index (κ2) is 9.75. The topological polar surface area (TPSA) is 120 Å². The zero-order valence-electron chi connectivity index (χ0n) is 16.1. The first kappa shape index (κ1) is 21.2. The predicted octanol–water partition coefficient (Wildman–Crippen LogP) is 1.75. The van der Waals surface area contributed by atoms with Gasteiger partial charge in [-0.05, 0) is 12.1 Å². The van der Waals surface area contributed by atoms with E-state index in [1.54, 1.807) is 24.3 Å². The maximum atomic E-state index is 12.4. The lowest BCUT2D eigenvalue weighted by atomic mass is 10.1. The van der Waals surface area contributed by atoms with Crippen molar-refractivity contribution in [2.75, 3.05) is 27.8 Å². The summed E-state index contributed by atoms with van der Waals surface area (Å²) in [5.74, 6) is 4.91. The van der Waals surface area contributed by atoms with Crippen molar-refractivity contribution >= 4 is 17.5 Å². The van der Waals surface area contributed by atoms with Crippen LogP contribution in [-0.4, -0.2) is 44.5 Å². The number of rotatable bonds is 6. The van der Waals surface area contributed by atoms with Crippen LogP contribution in [0.15, 0.2) is 36.4 Å². The lowest BCUT2D eigenvalue weighted by molar-refractivity contribution is -0.385. The summed E-state index contributed by atoms with van der Waals surface area (Å²) in [5.41, 5.74) is 0.306. The number of ether oxygens (including phenoxy) is 2. The van der Waals surface area contributed by atoms with Crippen molar-refractivity contribution in [1.82, 2.24) is 10.6 Å². The van der Waals surface area contributed by atoms with Crippen LogP contribution in [0.5, 0.6) is 11.5 Å². The van der Waals surface area contributed by atoms with Crippen molar-refractivity contribution < 1.29 is 24.0 Å². The molecule has 2 aromatic carbocycles. The van der Waals surface area contributed by atoms with Gasteiger partial charge in [-0.3, -0.25) is 19.7 Å². The Balaban J connectivity index is 2.21. The lowest BCUT2D eigenvalue weighted by Gasteiger charge is -2.10. The van der Waals surface area contributed by atoms with Crippen LogP contribution in [-0.2, 0) is 0 Å². The molecule has 9 heteroatoms. The van der Waals surface area contributed by atoms with E-state index in [0.29, 0.717) is 11.1 Å². The summed E-state index contributed by atoms with van der Waals surface area (Å²) in [4.78, 5) is 34.9. The number of benzene rings is 2. The molecule has 2 N–H and O–H groups in total. The van der Waals surface area contributed by atoms with E-state index < -0.39 is 16.5 Å². The van der Waals surface area contributed by atoms with E-state index in [0.717, 1.165) is 6.07 Å². The zero-order chi connectivity index (χ0) is 21.4. The number of hydrogen-bond donors (Lipinski definition) is 2. The molecule has 0 saturated carbocycles. The monoisotopic (exact) mass is 397 g/mol. The van der Waals surface area contributed by atoms with Gasteiger partial charge < -0.3 is 20.1 Å². The molecular weight excluding hydrogens is 378 g/mol. The van der Waals surface area contributed by atoms with Crippen LogP contribution in [0.4, 0.5) is 5.69 Å². The summed E-state index contributed by atoms with van der Waals surface area (Å²) >= 11 is 0. The zero-order valence-corrected chi connectivity index (χ0v) is 16.1. The third-order valence-corrected chi connectivity index (χ3v) is 3.90. The smallest absolute Gasteiger partial charge is 0.286 e. The first-order chi connectivity index (χ1) is 13.9. The second-order valence-corrected chi connectivity index (χ2v) is 5.59. The number of carbonyl (C=O) groups is 2. The minimum absolute atomic E-state index is 0.0770. The van der Waals surface area contributed by atoms with Gasteiger partial charge in [-0.25, -0.2) is 0 Å². The minimum atomic E-state index is -0.688. The fourth-order valence-corrected chi connectivity index (χ4v) is 2.49. The summed E-state index contributed by atoms with van der Waals surface area (Å²) < 4.78 is 10.1. The minimum Gasteiger partial charge on any atom is -0.493 e. The van der Waals surface area contributed by atoms with Crippen LogP contribution in [0.2, 0.25) is 0 Å². The molecule has 2 aromatic rings. The van der Waals surface area contributed by atoms with E-state index >= 15 is 0 Å². The molecule has 2 amide bonds. The van der Waals surface area contributed by atoms with Crippen LogP contribution < -0.4 is 20.1 Å². The average Bonchev–Trinajstić information content (AvgIpc) is 2.75. The quantitative estimate of drug-likeness (QED) is 0.435. The maximum absolute atomic E-state index is 12.4. The van der Waals surface area contributed by atoms with Gasteiger partial charge in [0.15, 0.2) is 11.5 Å². The van der Waals surface area contributed by atoms with Crippen molar-refractivity contribution in [3.8, 4) is 23.3 Å². The van der Waals surface area contributed by atoms with E-state index in [-0.39, 0.29) is 29.5 Å². The van der Waals surface area contributed by atoms with Gasteiger partial charge in [-0.1, -0.05) is 24.0 Å². The molecule has 0 aliphatic heterocycles. The molecule has 0 unspecified atom stereocenters. The van der Waals surface area contributed by atoms with Gasteiger partial charge in [-0.15, -0.1) is 0 Å². The van der Waals surface area contributed by atoms with Gasteiger partial charge in [0.2, 0.25) is 0 Å². The van der Waals surface area contributed by atoms with Gasteiger partial charge in [0.1, 0.15) is 5.56 Å². The molecular formula is C20H19N3O6. The number of nitro groups is 1. The lowest BCUT2D eigenvalue weighted by Crippen LogP contribution is -2.24. The number of nitrogens with zero attached hydrogens (tertiary/aromatic N) is 1. The molecule has 0 radical (unpaired) electrons. The number of amides is 2. The van der Waals surface area contributed by atoms with Gasteiger partial charge in [0, 0.05) is 18.7 Å². The number of nitro benzene ring substituents is 1. The number of carbonyl (C=O) groups excluding carboxylic acids is 2. The Kier molecular flexibility index (Phi) is 7.14. The first-order valence-corrected chi connectivity index (χ1v) is 8.41. The van der Waals surface area contributed by atoms with Crippen LogP contribution in [0.1, 0.15) is 26.3 Å². The molecule has 29 heavy (non-hydrogen) atoms. The van der Waals surface area contributed by atoms with E-state index in [2.05, 4.69) is 22.5 Å². The Morgan fingerprint density at radius 2 is 1.72 bits per heavy atom. The van der Waals surface area contributed by atoms with Gasteiger partial charge in [0.25, 0.3) is 17.5 Å². The summed E-state index contributed by atoms with van der Waals surface area (Å²) in [5, 5.41) is 16.3. The Bertz CT molecular complexity index is 1010. The first-order valence-electron chi connectivity index (χ1n) is 8.41. The fraction of sp³-hybridized carbons (Fsp3) is 0.200. The molecule has 0 fully saturated rings. The Labute approximate surface area is 167 Å². The highest BCUT2D eigenvalue weighted by Gasteiger charge is 2.24. The van der Waals surface area contributed by atoms with E-state index in [4.69, 9.17) is 9.47 Å². The van der Waals surface area contributed by atoms with Crippen molar-refractivity contribution in [3.63, 3.8) is 0 Å². The SMILES string of the molecule is CNC(=O)c1ccccc1C#CCNC(=O)c1cc(OC)c(OC)cc1[N+](=O)[O-]. The van der Waals surface area contributed by atoms with E-state index in [1.165, 1.54) is 27.3 Å². The average molecular weight is 397 g/mol. The van der Waals surface area contributed by atoms with Crippen LogP contribution in [0.3, 0.4) is 0 Å². The van der Waals surface area contributed by atoms with Gasteiger partial charge in [0.05, 0.1) is 37.3 Å². The number of hydrogen-bond acceptors (Lipinski definition) is 6. The van der Waals surface area contributed by atoms with Crippen LogP contribution >= 0.6 is 0 Å². The molecule has 0 bridgehead atoms. The van der Waals surface area contributed by atoms with Gasteiger partial charge >= 0.3 is 0 Å². The molecule has 0 atom stereocenters. The summed E-state index contributed by atoms with van der Waals surface area (Å²) in [7, 11) is 4.22. The van der Waals surface area contributed by atoms with Crippen molar-refractivity contribution in [2.24, 2.45) is 0 Å². The Morgan fingerprint density at radius 3 is 2.34 bits per heavy atom. The molecule has 0 saturated heterocycles. The standard InChI is InChI=1S/C20H19N3O6/c1-21-19(24)14-9-5-4-7-13(14)8-6-10-22-20(25)15-11-17(28-2)18(29-3)12-16(15)23(26)27/h4-5,7,9,11-12H,10H2,1-3H3,(H,21,24)(H,22,25). The van der Waals surface area contributed by atoms with Crippen LogP contribution in [0, 0.1) is 22.0 Å². The normalized spacial score (nSPS) is 9.62. The van der Waals surface area contributed by atoms with E-state index in [9.17, 15) is 19.7 Å². The molecule has 0 aromatic heterocycles. The van der Waals surface area contributed by atoms with Crippen molar-refractivity contribution in [2.45, 2.75) is 0 Å². The van der Waals surface area contributed by atoms with E-state index in [1.807, 2.05) is 0 Å². The molecule has 2 rings (SSSR count). The predicted molar refractivity (Wildman–Crippen MR) is 105 cm³/mol. The van der Waals surface area contributed by atoms with Crippen molar-refractivity contribution in [3.05, 3.63) is 63.2 Å². The summed E-state index contributed by atoms with van der Waals surface area (Å²) in [6.45, 7) is -0.0770. The number of methoxy groups -OCH3 is 2. The maximum Gasteiger partial charge on any atom is 0.286 e. The molecule has 9 nitrogen and oxygen atoms in total. The highest BCUT2D eigenvalue weighted by Crippen LogP contribution is 2.34. The third kappa shape index (κ3) is 5.01. The second-order valence-electron chi connectivity index (χ2n) is 5.59. The molecule has 0 aliphatic rings. The van der Waals surface area contributed by atoms with Crippen molar-refractivity contribution in [1.29, 1.82) is 0 Å². The Morgan fingerprint density at radius 1 is 1.07 bits per heavy atom. The van der Waals surface area contributed by atoms with Crippen LogP contribution in [0.25, 0.3) is 0 Å². The van der Waals surface area contributed by atoms with Gasteiger partial charge in [-0.2, -0.15) is 0 Å². The highest BCUT2D eigenvalue weighted by molar-refractivity contribution is 5.99. The molecule has 0 aliphatic carbocycles.